The Morgan fingerprint density at radius 2 is 1.90 bits per heavy atom. The average molecular weight is 437 g/mol. The molecule has 2 aromatic rings. The van der Waals surface area contributed by atoms with Gasteiger partial charge in [0.1, 0.15) is 4.21 Å². The van der Waals surface area contributed by atoms with Crippen LogP contribution in [0, 0.1) is 0 Å². The molecule has 0 aromatic carbocycles. The van der Waals surface area contributed by atoms with Crippen LogP contribution in [0.4, 0.5) is 0 Å². The van der Waals surface area contributed by atoms with E-state index < -0.39 is 21.8 Å². The van der Waals surface area contributed by atoms with Gasteiger partial charge in [0.15, 0.2) is 0 Å². The molecule has 8 nitrogen and oxygen atoms in total. The molecular weight excluding hydrogens is 412 g/mol. The van der Waals surface area contributed by atoms with Crippen molar-refractivity contribution in [2.24, 2.45) is 0 Å². The van der Waals surface area contributed by atoms with Gasteiger partial charge in [0.05, 0.1) is 0 Å². The SMILES string of the molecule is O=C(NCC[C@@H]1CCCCN1S(=O)(=O)c1cccs1)C(=O)NCc1ccncc1. The molecule has 2 aromatic heterocycles. The predicted octanol–water partition coefficient (Wildman–Crippen LogP) is 1.51. The Hall–Kier alpha value is -2.30. The molecule has 0 bridgehead atoms. The van der Waals surface area contributed by atoms with Crippen LogP contribution < -0.4 is 10.6 Å². The van der Waals surface area contributed by atoms with Crippen molar-refractivity contribution in [1.82, 2.24) is 19.9 Å². The van der Waals surface area contributed by atoms with Crippen molar-refractivity contribution < 1.29 is 18.0 Å². The molecule has 0 spiro atoms. The number of pyridine rings is 1. The standard InChI is InChI=1S/C19H24N4O4S2/c24-18(19(25)22-14-15-6-9-20-10-7-15)21-11-8-16-4-1-2-12-23(16)29(26,27)17-5-3-13-28-17/h3,5-7,9-10,13,16H,1-2,4,8,11-12,14H2,(H,21,24)(H,22,25)/t16-/m0/s1. The largest absolute Gasteiger partial charge is 0.348 e. The molecule has 1 saturated heterocycles. The molecule has 0 aliphatic carbocycles. The maximum absolute atomic E-state index is 12.9. The number of carbonyl (C=O) groups excluding carboxylic acids is 2. The zero-order valence-electron chi connectivity index (χ0n) is 15.9. The molecule has 3 rings (SSSR count). The molecule has 1 aliphatic heterocycles. The minimum atomic E-state index is -3.52. The summed E-state index contributed by atoms with van der Waals surface area (Å²) in [6.07, 6.45) is 6.21. The molecule has 10 heteroatoms. The molecule has 2 N–H and O–H groups in total. The summed E-state index contributed by atoms with van der Waals surface area (Å²) in [7, 11) is -3.52. The summed E-state index contributed by atoms with van der Waals surface area (Å²) in [5.41, 5.74) is 0.845. The van der Waals surface area contributed by atoms with Gasteiger partial charge in [0, 0.05) is 38.1 Å². The van der Waals surface area contributed by atoms with Gasteiger partial charge in [-0.15, -0.1) is 11.3 Å². The first-order chi connectivity index (χ1) is 14.0. The number of hydrogen-bond acceptors (Lipinski definition) is 6. The molecule has 0 radical (unpaired) electrons. The Morgan fingerprint density at radius 3 is 2.62 bits per heavy atom. The molecule has 29 heavy (non-hydrogen) atoms. The lowest BCUT2D eigenvalue weighted by Crippen LogP contribution is -2.46. The number of piperidine rings is 1. The summed E-state index contributed by atoms with van der Waals surface area (Å²) in [4.78, 5) is 27.8. The zero-order chi connectivity index (χ0) is 20.7. The van der Waals surface area contributed by atoms with Crippen LogP contribution in [0.1, 0.15) is 31.2 Å². The second-order valence-corrected chi connectivity index (χ2v) is 9.85. The van der Waals surface area contributed by atoms with E-state index >= 15 is 0 Å². The predicted molar refractivity (Wildman–Crippen MR) is 110 cm³/mol. The Bertz CT molecular complexity index is 917. The van der Waals surface area contributed by atoms with Crippen LogP contribution in [0.5, 0.6) is 0 Å². The van der Waals surface area contributed by atoms with Gasteiger partial charge in [-0.05, 0) is 48.4 Å². The van der Waals surface area contributed by atoms with Crippen LogP contribution in [0.2, 0.25) is 0 Å². The third-order valence-corrected chi connectivity index (χ3v) is 8.13. The lowest BCUT2D eigenvalue weighted by atomic mass is 10.0. The molecule has 2 amide bonds. The van der Waals surface area contributed by atoms with Crippen LogP contribution in [-0.2, 0) is 26.2 Å². The second kappa shape index (κ2) is 9.95. The monoisotopic (exact) mass is 436 g/mol. The zero-order valence-corrected chi connectivity index (χ0v) is 17.5. The lowest BCUT2D eigenvalue weighted by Gasteiger charge is -2.34. The Kier molecular flexibility index (Phi) is 7.34. The summed E-state index contributed by atoms with van der Waals surface area (Å²) >= 11 is 1.21. The highest BCUT2D eigenvalue weighted by molar-refractivity contribution is 7.91. The lowest BCUT2D eigenvalue weighted by molar-refractivity contribution is -0.139. The third kappa shape index (κ3) is 5.62. The van der Waals surface area contributed by atoms with Crippen molar-refractivity contribution >= 4 is 33.2 Å². The number of carbonyl (C=O) groups is 2. The first-order valence-corrected chi connectivity index (χ1v) is 11.8. The van der Waals surface area contributed by atoms with E-state index in [1.54, 1.807) is 42.0 Å². The van der Waals surface area contributed by atoms with Crippen LogP contribution in [-0.4, -0.2) is 48.7 Å². The van der Waals surface area contributed by atoms with E-state index in [9.17, 15) is 18.0 Å². The molecule has 1 aliphatic rings. The van der Waals surface area contributed by atoms with E-state index in [-0.39, 0.29) is 19.1 Å². The minimum absolute atomic E-state index is 0.184. The van der Waals surface area contributed by atoms with E-state index in [4.69, 9.17) is 0 Å². The molecular formula is C19H24N4O4S2. The highest BCUT2D eigenvalue weighted by Crippen LogP contribution is 2.28. The number of sulfonamides is 1. The van der Waals surface area contributed by atoms with Crippen LogP contribution in [0.25, 0.3) is 0 Å². The van der Waals surface area contributed by atoms with Gasteiger partial charge in [0.25, 0.3) is 10.0 Å². The maximum Gasteiger partial charge on any atom is 0.309 e. The summed E-state index contributed by atoms with van der Waals surface area (Å²) < 4.78 is 27.6. The van der Waals surface area contributed by atoms with E-state index in [1.165, 1.54) is 15.6 Å². The van der Waals surface area contributed by atoms with Crippen molar-refractivity contribution in [3.8, 4) is 0 Å². The Morgan fingerprint density at radius 1 is 1.14 bits per heavy atom. The first-order valence-electron chi connectivity index (χ1n) is 9.49. The topological polar surface area (TPSA) is 108 Å². The molecule has 0 saturated carbocycles. The minimum Gasteiger partial charge on any atom is -0.348 e. The van der Waals surface area contributed by atoms with E-state index in [2.05, 4.69) is 15.6 Å². The second-order valence-electron chi connectivity index (χ2n) is 6.78. The number of rotatable bonds is 7. The number of nitrogens with zero attached hydrogens (tertiary/aromatic N) is 2. The van der Waals surface area contributed by atoms with E-state index in [0.717, 1.165) is 24.8 Å². The number of aromatic nitrogens is 1. The first kappa shape index (κ1) is 21.4. The average Bonchev–Trinajstić information content (AvgIpc) is 3.29. The highest BCUT2D eigenvalue weighted by Gasteiger charge is 2.33. The molecule has 1 fully saturated rings. The summed E-state index contributed by atoms with van der Waals surface area (Å²) in [6.45, 7) is 0.956. The van der Waals surface area contributed by atoms with Crippen molar-refractivity contribution in [1.29, 1.82) is 0 Å². The van der Waals surface area contributed by atoms with Gasteiger partial charge in [0.2, 0.25) is 0 Å². The molecule has 0 unspecified atom stereocenters. The van der Waals surface area contributed by atoms with Crippen LogP contribution >= 0.6 is 11.3 Å². The summed E-state index contributed by atoms with van der Waals surface area (Å²) in [5.74, 6) is -1.43. The normalized spacial score (nSPS) is 17.6. The fourth-order valence-corrected chi connectivity index (χ4v) is 6.14. The maximum atomic E-state index is 12.9. The van der Waals surface area contributed by atoms with Gasteiger partial charge < -0.3 is 10.6 Å². The third-order valence-electron chi connectivity index (χ3n) is 4.80. The van der Waals surface area contributed by atoms with Crippen molar-refractivity contribution in [2.75, 3.05) is 13.1 Å². The Balaban J connectivity index is 1.49. The number of hydrogen-bond donors (Lipinski definition) is 2. The molecule has 1 atom stereocenters. The van der Waals surface area contributed by atoms with Crippen LogP contribution in [0.15, 0.2) is 46.2 Å². The number of thiophene rings is 1. The highest BCUT2D eigenvalue weighted by atomic mass is 32.2. The van der Waals surface area contributed by atoms with Gasteiger partial charge in [-0.2, -0.15) is 4.31 Å². The van der Waals surface area contributed by atoms with Crippen molar-refractivity contribution in [3.05, 3.63) is 47.6 Å². The summed E-state index contributed by atoms with van der Waals surface area (Å²) in [6, 6.07) is 6.66. The number of nitrogens with one attached hydrogen (secondary N) is 2. The number of amides is 2. The van der Waals surface area contributed by atoms with E-state index in [1.807, 2.05) is 0 Å². The smallest absolute Gasteiger partial charge is 0.309 e. The fraction of sp³-hybridized carbons (Fsp3) is 0.421. The summed E-state index contributed by atoms with van der Waals surface area (Å²) in [5, 5.41) is 6.89. The van der Waals surface area contributed by atoms with E-state index in [0.29, 0.717) is 17.2 Å². The van der Waals surface area contributed by atoms with Gasteiger partial charge in [-0.1, -0.05) is 12.5 Å². The quantitative estimate of drug-likeness (QED) is 0.640. The van der Waals surface area contributed by atoms with Crippen molar-refractivity contribution in [3.63, 3.8) is 0 Å². The Labute approximate surface area is 174 Å². The van der Waals surface area contributed by atoms with Crippen LogP contribution in [0.3, 0.4) is 0 Å². The molecule has 156 valence electrons. The van der Waals surface area contributed by atoms with Gasteiger partial charge >= 0.3 is 11.8 Å². The fourth-order valence-electron chi connectivity index (χ4n) is 3.30. The van der Waals surface area contributed by atoms with Gasteiger partial charge in [-0.25, -0.2) is 8.42 Å². The molecule has 3 heterocycles. The van der Waals surface area contributed by atoms with Gasteiger partial charge in [-0.3, -0.25) is 14.6 Å². The van der Waals surface area contributed by atoms with Crippen molar-refractivity contribution in [2.45, 2.75) is 42.5 Å².